The third-order valence-corrected chi connectivity index (χ3v) is 5.90. The molecule has 0 unspecified atom stereocenters. The van der Waals surface area contributed by atoms with Crippen molar-refractivity contribution in [3.05, 3.63) is 77.5 Å². The van der Waals surface area contributed by atoms with Crippen LogP contribution in [0.1, 0.15) is 23.1 Å². The van der Waals surface area contributed by atoms with Crippen molar-refractivity contribution >= 4 is 29.2 Å². The highest BCUT2D eigenvalue weighted by molar-refractivity contribution is 5.85. The number of nitrogens with one attached hydrogen (secondary N) is 2. The highest BCUT2D eigenvalue weighted by Gasteiger charge is 2.34. The maximum atomic E-state index is 12.9. The van der Waals surface area contributed by atoms with Crippen LogP contribution in [0.4, 0.5) is 0 Å². The fourth-order valence-electron chi connectivity index (χ4n) is 4.35. The number of hydrogen-bond donors (Lipinski definition) is 2. The Bertz CT molecular complexity index is 994. The van der Waals surface area contributed by atoms with Gasteiger partial charge in [-0.1, -0.05) is 42.5 Å². The third-order valence-electron chi connectivity index (χ3n) is 5.90. The van der Waals surface area contributed by atoms with Gasteiger partial charge in [-0.3, -0.25) is 9.78 Å². The van der Waals surface area contributed by atoms with Gasteiger partial charge >= 0.3 is 0 Å². The summed E-state index contributed by atoms with van der Waals surface area (Å²) in [6.07, 6.45) is 2.69. The Morgan fingerprint density at radius 1 is 1.07 bits per heavy atom. The van der Waals surface area contributed by atoms with Crippen molar-refractivity contribution < 1.29 is 4.79 Å². The van der Waals surface area contributed by atoms with Crippen LogP contribution in [-0.2, 0) is 24.4 Å². The van der Waals surface area contributed by atoms with E-state index in [1.54, 1.807) is 0 Å². The van der Waals surface area contributed by atoms with Gasteiger partial charge in [-0.05, 0) is 35.2 Å². The number of carbonyl (C=O) groups is 1. The number of rotatable bonds is 4. The minimum atomic E-state index is -0.0963. The van der Waals surface area contributed by atoms with Crippen molar-refractivity contribution in [2.24, 2.45) is 0 Å². The molecule has 2 aliphatic rings. The Balaban J connectivity index is 0.00000205. The Morgan fingerprint density at radius 2 is 1.79 bits per heavy atom. The van der Waals surface area contributed by atoms with E-state index in [9.17, 15) is 4.79 Å². The summed E-state index contributed by atoms with van der Waals surface area (Å²) in [4.78, 5) is 19.3. The molecule has 2 aromatic carbocycles. The molecule has 29 heavy (non-hydrogen) atoms. The second-order valence-corrected chi connectivity index (χ2v) is 7.72. The van der Waals surface area contributed by atoms with Gasteiger partial charge in [0, 0.05) is 43.8 Å². The molecule has 1 fully saturated rings. The standard InChI is InChI=1S/C23H24N4O.ClH/c28-23(27-14-17-5-1-2-6-18(17)15-27)22-11-19(13-26-22)25-12-16-9-10-24-21-8-4-3-7-20(16)21;/h1-10,19,22,25-26H,11-15H2;1H/t19-,22-;/m0./s1. The highest BCUT2D eigenvalue weighted by Crippen LogP contribution is 2.24. The molecule has 5 nitrogen and oxygen atoms in total. The van der Waals surface area contributed by atoms with Crippen LogP contribution in [0.5, 0.6) is 0 Å². The zero-order valence-corrected chi connectivity index (χ0v) is 17.0. The molecular weight excluding hydrogens is 384 g/mol. The van der Waals surface area contributed by atoms with Crippen LogP contribution in [0.15, 0.2) is 60.8 Å². The molecule has 2 atom stereocenters. The number of halogens is 1. The quantitative estimate of drug-likeness (QED) is 0.696. The molecule has 150 valence electrons. The molecular formula is C23H25ClN4O. The lowest BCUT2D eigenvalue weighted by Gasteiger charge is -2.20. The van der Waals surface area contributed by atoms with Gasteiger partial charge in [-0.25, -0.2) is 0 Å². The predicted molar refractivity (Wildman–Crippen MR) is 117 cm³/mol. The van der Waals surface area contributed by atoms with Crippen LogP contribution >= 0.6 is 12.4 Å². The van der Waals surface area contributed by atoms with Crippen LogP contribution in [0.25, 0.3) is 10.9 Å². The van der Waals surface area contributed by atoms with Gasteiger partial charge in [-0.2, -0.15) is 0 Å². The SMILES string of the molecule is Cl.O=C([C@@H]1C[C@H](NCc2ccnc3ccccc23)CN1)N1Cc2ccccc2C1. The van der Waals surface area contributed by atoms with Crippen LogP contribution < -0.4 is 10.6 Å². The van der Waals surface area contributed by atoms with Crippen LogP contribution in [-0.4, -0.2) is 34.4 Å². The number of amides is 1. The molecule has 5 rings (SSSR count). The van der Waals surface area contributed by atoms with E-state index in [1.807, 2.05) is 41.4 Å². The fourth-order valence-corrected chi connectivity index (χ4v) is 4.35. The average Bonchev–Trinajstić information content (AvgIpc) is 3.38. The molecule has 0 saturated carbocycles. The molecule has 2 aliphatic heterocycles. The topological polar surface area (TPSA) is 57.3 Å². The molecule has 0 bridgehead atoms. The summed E-state index contributed by atoms with van der Waals surface area (Å²) in [5.74, 6) is 0.217. The molecule has 1 aromatic heterocycles. The summed E-state index contributed by atoms with van der Waals surface area (Å²) in [5.41, 5.74) is 4.81. The molecule has 1 amide bonds. The first-order valence-corrected chi connectivity index (χ1v) is 9.93. The molecule has 1 saturated heterocycles. The van der Waals surface area contributed by atoms with Gasteiger partial charge in [-0.15, -0.1) is 12.4 Å². The van der Waals surface area contributed by atoms with E-state index in [4.69, 9.17) is 0 Å². The van der Waals surface area contributed by atoms with Crippen molar-refractivity contribution in [2.45, 2.75) is 38.1 Å². The van der Waals surface area contributed by atoms with E-state index < -0.39 is 0 Å². The lowest BCUT2D eigenvalue weighted by atomic mass is 10.1. The Kier molecular flexibility index (Phi) is 5.81. The third kappa shape index (κ3) is 3.99. The van der Waals surface area contributed by atoms with Crippen molar-refractivity contribution in [3.63, 3.8) is 0 Å². The number of benzene rings is 2. The summed E-state index contributed by atoms with van der Waals surface area (Å²) in [7, 11) is 0. The van der Waals surface area contributed by atoms with Crippen LogP contribution in [0, 0.1) is 0 Å². The fraction of sp³-hybridized carbons (Fsp3) is 0.304. The first kappa shape index (κ1) is 19.8. The average molecular weight is 409 g/mol. The number of para-hydroxylation sites is 1. The van der Waals surface area contributed by atoms with Crippen molar-refractivity contribution in [1.29, 1.82) is 0 Å². The smallest absolute Gasteiger partial charge is 0.240 e. The van der Waals surface area contributed by atoms with Gasteiger partial charge in [0.25, 0.3) is 0 Å². The largest absolute Gasteiger partial charge is 0.333 e. The number of aromatic nitrogens is 1. The monoisotopic (exact) mass is 408 g/mol. The van der Waals surface area contributed by atoms with Crippen LogP contribution in [0.2, 0.25) is 0 Å². The summed E-state index contributed by atoms with van der Waals surface area (Å²) in [6, 6.07) is 18.8. The summed E-state index contributed by atoms with van der Waals surface area (Å²) in [5, 5.41) is 8.23. The zero-order valence-electron chi connectivity index (χ0n) is 16.2. The highest BCUT2D eigenvalue weighted by atomic mass is 35.5. The molecule has 2 N–H and O–H groups in total. The number of hydrogen-bond acceptors (Lipinski definition) is 4. The van der Waals surface area contributed by atoms with Gasteiger partial charge in [0.1, 0.15) is 0 Å². The molecule has 6 heteroatoms. The van der Waals surface area contributed by atoms with Crippen molar-refractivity contribution in [2.75, 3.05) is 6.54 Å². The maximum Gasteiger partial charge on any atom is 0.240 e. The lowest BCUT2D eigenvalue weighted by molar-refractivity contribution is -0.133. The number of nitrogens with zero attached hydrogens (tertiary/aromatic N) is 2. The lowest BCUT2D eigenvalue weighted by Crippen LogP contribution is -2.40. The summed E-state index contributed by atoms with van der Waals surface area (Å²) >= 11 is 0. The zero-order chi connectivity index (χ0) is 18.9. The maximum absolute atomic E-state index is 12.9. The first-order valence-electron chi connectivity index (χ1n) is 9.93. The van der Waals surface area contributed by atoms with Crippen molar-refractivity contribution in [1.82, 2.24) is 20.5 Å². The first-order chi connectivity index (χ1) is 13.8. The Hall–Kier alpha value is -2.47. The van der Waals surface area contributed by atoms with E-state index in [-0.39, 0.29) is 24.4 Å². The van der Waals surface area contributed by atoms with E-state index in [0.29, 0.717) is 6.04 Å². The number of carbonyl (C=O) groups excluding carboxylic acids is 1. The molecule has 3 aromatic rings. The Morgan fingerprint density at radius 3 is 2.59 bits per heavy atom. The van der Waals surface area contributed by atoms with Gasteiger partial charge in [0.15, 0.2) is 0 Å². The second kappa shape index (κ2) is 8.49. The van der Waals surface area contributed by atoms with E-state index in [2.05, 4.69) is 39.9 Å². The predicted octanol–water partition coefficient (Wildman–Crippen LogP) is 3.02. The molecule has 0 aliphatic carbocycles. The minimum absolute atomic E-state index is 0. The molecule has 0 spiro atoms. The summed E-state index contributed by atoms with van der Waals surface area (Å²) < 4.78 is 0. The molecule has 0 radical (unpaired) electrons. The van der Waals surface area contributed by atoms with E-state index in [0.717, 1.165) is 38.1 Å². The minimum Gasteiger partial charge on any atom is -0.333 e. The van der Waals surface area contributed by atoms with E-state index >= 15 is 0 Å². The van der Waals surface area contributed by atoms with Gasteiger partial charge in [0.05, 0.1) is 11.6 Å². The van der Waals surface area contributed by atoms with Gasteiger partial charge in [0.2, 0.25) is 5.91 Å². The Labute approximate surface area is 176 Å². The molecule has 3 heterocycles. The second-order valence-electron chi connectivity index (χ2n) is 7.72. The summed E-state index contributed by atoms with van der Waals surface area (Å²) in [6.45, 7) is 3.06. The van der Waals surface area contributed by atoms with E-state index in [1.165, 1.54) is 22.1 Å². The number of fused-ring (bicyclic) bond motifs is 2. The van der Waals surface area contributed by atoms with Crippen molar-refractivity contribution in [3.8, 4) is 0 Å². The normalized spacial score (nSPS) is 20.5. The number of pyridine rings is 1. The van der Waals surface area contributed by atoms with Crippen LogP contribution in [0.3, 0.4) is 0 Å². The van der Waals surface area contributed by atoms with Gasteiger partial charge < -0.3 is 15.5 Å².